The molecule has 1 aromatic rings. The molecule has 0 spiro atoms. The van der Waals surface area contributed by atoms with Gasteiger partial charge in [-0.15, -0.1) is 6.42 Å². The smallest absolute Gasteiger partial charge is 0.410 e. The minimum Gasteiger partial charge on any atom is -0.444 e. The van der Waals surface area contributed by atoms with Crippen molar-refractivity contribution in [3.05, 3.63) is 29.8 Å². The van der Waals surface area contributed by atoms with Crippen molar-refractivity contribution in [1.29, 1.82) is 0 Å². The van der Waals surface area contributed by atoms with Gasteiger partial charge in [0.25, 0.3) is 0 Å². The zero-order valence-electron chi connectivity index (χ0n) is 13.8. The molecule has 2 amide bonds. The Labute approximate surface area is 137 Å². The summed E-state index contributed by atoms with van der Waals surface area (Å²) in [6.07, 6.45) is 6.31. The molecule has 1 heterocycles. The predicted octanol–water partition coefficient (Wildman–Crippen LogP) is 3.01. The van der Waals surface area contributed by atoms with E-state index in [9.17, 15) is 9.59 Å². The standard InChI is InChI=1S/C18H22N2O3/c1-5-13-8-6-9-14(12-13)19-16(21)15-10-7-11-20(15)17(22)23-18(2,3)4/h1,6,8-9,12,15H,7,10-11H2,2-4H3,(H,19,21). The molecule has 1 saturated heterocycles. The van der Waals surface area contributed by atoms with Crippen LogP contribution in [0.3, 0.4) is 0 Å². The molecule has 1 atom stereocenters. The molecule has 1 unspecified atom stereocenters. The maximum absolute atomic E-state index is 12.5. The molecule has 0 bridgehead atoms. The number of rotatable bonds is 2. The highest BCUT2D eigenvalue weighted by Crippen LogP contribution is 2.22. The molecule has 0 saturated carbocycles. The Hall–Kier alpha value is -2.48. The number of hydrogen-bond acceptors (Lipinski definition) is 3. The van der Waals surface area contributed by atoms with E-state index >= 15 is 0 Å². The second-order valence-electron chi connectivity index (χ2n) is 6.55. The van der Waals surface area contributed by atoms with Crippen LogP contribution in [0.15, 0.2) is 24.3 Å². The van der Waals surface area contributed by atoms with Gasteiger partial charge in [0.15, 0.2) is 0 Å². The average molecular weight is 314 g/mol. The number of amides is 2. The van der Waals surface area contributed by atoms with Gasteiger partial charge in [-0.1, -0.05) is 12.0 Å². The number of hydrogen-bond donors (Lipinski definition) is 1. The Morgan fingerprint density at radius 1 is 1.39 bits per heavy atom. The van der Waals surface area contributed by atoms with Gasteiger partial charge >= 0.3 is 6.09 Å². The van der Waals surface area contributed by atoms with E-state index in [0.29, 0.717) is 24.2 Å². The summed E-state index contributed by atoms with van der Waals surface area (Å²) < 4.78 is 5.37. The molecule has 0 aromatic heterocycles. The van der Waals surface area contributed by atoms with Gasteiger partial charge in [-0.25, -0.2) is 4.79 Å². The van der Waals surface area contributed by atoms with Crippen LogP contribution in [0, 0.1) is 12.3 Å². The van der Waals surface area contributed by atoms with E-state index in [-0.39, 0.29) is 5.91 Å². The van der Waals surface area contributed by atoms with Crippen LogP contribution in [-0.2, 0) is 9.53 Å². The molecule has 23 heavy (non-hydrogen) atoms. The summed E-state index contributed by atoms with van der Waals surface area (Å²) in [4.78, 5) is 26.2. The lowest BCUT2D eigenvalue weighted by Crippen LogP contribution is -2.45. The van der Waals surface area contributed by atoms with Crippen LogP contribution in [0.1, 0.15) is 39.2 Å². The molecule has 0 radical (unpaired) electrons. The lowest BCUT2D eigenvalue weighted by atomic mass is 10.1. The highest BCUT2D eigenvalue weighted by Gasteiger charge is 2.36. The van der Waals surface area contributed by atoms with Crippen molar-refractivity contribution in [2.24, 2.45) is 0 Å². The van der Waals surface area contributed by atoms with Crippen molar-refractivity contribution in [3.8, 4) is 12.3 Å². The fraction of sp³-hybridized carbons (Fsp3) is 0.444. The number of ether oxygens (including phenoxy) is 1. The average Bonchev–Trinajstić information content (AvgIpc) is 2.95. The topological polar surface area (TPSA) is 58.6 Å². The molecular formula is C18H22N2O3. The Bertz CT molecular complexity index is 640. The van der Waals surface area contributed by atoms with Crippen LogP contribution in [0.4, 0.5) is 10.5 Å². The Morgan fingerprint density at radius 3 is 2.78 bits per heavy atom. The maximum atomic E-state index is 12.5. The summed E-state index contributed by atoms with van der Waals surface area (Å²) >= 11 is 0. The summed E-state index contributed by atoms with van der Waals surface area (Å²) in [7, 11) is 0. The maximum Gasteiger partial charge on any atom is 0.410 e. The van der Waals surface area contributed by atoms with Gasteiger partial charge in [-0.05, 0) is 51.8 Å². The molecular weight excluding hydrogens is 292 g/mol. The summed E-state index contributed by atoms with van der Waals surface area (Å²) in [5.41, 5.74) is 0.738. The van der Waals surface area contributed by atoms with Gasteiger partial charge in [0.1, 0.15) is 11.6 Å². The van der Waals surface area contributed by atoms with Gasteiger partial charge in [0.2, 0.25) is 5.91 Å². The first-order valence-corrected chi connectivity index (χ1v) is 7.67. The number of nitrogens with one attached hydrogen (secondary N) is 1. The van der Waals surface area contributed by atoms with Gasteiger partial charge < -0.3 is 10.1 Å². The largest absolute Gasteiger partial charge is 0.444 e. The summed E-state index contributed by atoms with van der Waals surface area (Å²) in [5.74, 6) is 2.31. The van der Waals surface area contributed by atoms with Crippen LogP contribution in [-0.4, -0.2) is 35.1 Å². The minimum atomic E-state index is -0.582. The van der Waals surface area contributed by atoms with E-state index in [4.69, 9.17) is 11.2 Å². The van der Waals surface area contributed by atoms with Crippen molar-refractivity contribution in [1.82, 2.24) is 4.90 Å². The van der Waals surface area contributed by atoms with E-state index < -0.39 is 17.7 Å². The SMILES string of the molecule is C#Cc1cccc(NC(=O)C2CCCN2C(=O)OC(C)(C)C)c1. The Kier molecular flexibility index (Phi) is 4.95. The third kappa shape index (κ3) is 4.49. The first kappa shape index (κ1) is 16.9. The van der Waals surface area contributed by atoms with Crippen LogP contribution >= 0.6 is 0 Å². The predicted molar refractivity (Wildman–Crippen MR) is 89.0 cm³/mol. The fourth-order valence-electron chi connectivity index (χ4n) is 2.49. The molecule has 1 aliphatic rings. The zero-order chi connectivity index (χ0) is 17.0. The van der Waals surface area contributed by atoms with Crippen LogP contribution in [0.25, 0.3) is 0 Å². The quantitative estimate of drug-likeness (QED) is 0.854. The summed E-state index contributed by atoms with van der Waals surface area (Å²) in [5, 5.41) is 2.82. The van der Waals surface area contributed by atoms with Gasteiger partial charge in [-0.2, -0.15) is 0 Å². The van der Waals surface area contributed by atoms with E-state index in [1.807, 2.05) is 0 Å². The molecule has 1 aliphatic heterocycles. The highest BCUT2D eigenvalue weighted by molar-refractivity contribution is 5.97. The van der Waals surface area contributed by atoms with Crippen LogP contribution in [0.2, 0.25) is 0 Å². The zero-order valence-corrected chi connectivity index (χ0v) is 13.8. The minimum absolute atomic E-state index is 0.220. The second kappa shape index (κ2) is 6.74. The third-order valence-corrected chi connectivity index (χ3v) is 3.48. The van der Waals surface area contributed by atoms with Gasteiger partial charge in [-0.3, -0.25) is 9.69 Å². The van der Waals surface area contributed by atoms with Crippen molar-refractivity contribution in [3.63, 3.8) is 0 Å². The van der Waals surface area contributed by atoms with Crippen LogP contribution in [0.5, 0.6) is 0 Å². The molecule has 5 nitrogen and oxygen atoms in total. The monoisotopic (exact) mass is 314 g/mol. The molecule has 5 heteroatoms. The molecule has 1 aromatic carbocycles. The first-order valence-electron chi connectivity index (χ1n) is 7.67. The van der Waals surface area contributed by atoms with Crippen molar-refractivity contribution < 1.29 is 14.3 Å². The fourth-order valence-corrected chi connectivity index (χ4v) is 2.49. The number of anilines is 1. The molecule has 1 fully saturated rings. The van der Waals surface area contributed by atoms with E-state index in [1.54, 1.807) is 45.0 Å². The lowest BCUT2D eigenvalue weighted by molar-refractivity contribution is -0.120. The number of carbonyl (C=O) groups excluding carboxylic acids is 2. The van der Waals surface area contributed by atoms with E-state index in [2.05, 4.69) is 11.2 Å². The van der Waals surface area contributed by atoms with Gasteiger partial charge in [0.05, 0.1) is 0 Å². The Morgan fingerprint density at radius 2 is 2.13 bits per heavy atom. The van der Waals surface area contributed by atoms with Crippen molar-refractivity contribution in [2.75, 3.05) is 11.9 Å². The summed E-state index contributed by atoms with van der Waals surface area (Å²) in [6.45, 7) is 5.95. The third-order valence-electron chi connectivity index (χ3n) is 3.48. The number of nitrogens with zero attached hydrogens (tertiary/aromatic N) is 1. The van der Waals surface area contributed by atoms with Crippen LogP contribution < -0.4 is 5.32 Å². The first-order chi connectivity index (χ1) is 10.8. The number of likely N-dealkylation sites (tertiary alicyclic amines) is 1. The van der Waals surface area contributed by atoms with E-state index in [1.165, 1.54) is 4.90 Å². The summed E-state index contributed by atoms with van der Waals surface area (Å²) in [6, 6.07) is 6.55. The number of terminal acetylenes is 1. The van der Waals surface area contributed by atoms with E-state index in [0.717, 1.165) is 6.42 Å². The molecule has 122 valence electrons. The number of carbonyl (C=O) groups is 2. The molecule has 1 N–H and O–H groups in total. The Balaban J connectivity index is 2.05. The lowest BCUT2D eigenvalue weighted by Gasteiger charge is -2.28. The molecule has 0 aliphatic carbocycles. The number of benzene rings is 1. The van der Waals surface area contributed by atoms with Gasteiger partial charge in [0, 0.05) is 17.8 Å². The van der Waals surface area contributed by atoms with Crippen molar-refractivity contribution in [2.45, 2.75) is 45.3 Å². The second-order valence-corrected chi connectivity index (χ2v) is 6.55. The molecule has 2 rings (SSSR count). The highest BCUT2D eigenvalue weighted by atomic mass is 16.6. The van der Waals surface area contributed by atoms with Crippen molar-refractivity contribution >= 4 is 17.7 Å². The normalized spacial score (nSPS) is 17.5.